The van der Waals surface area contributed by atoms with Crippen LogP contribution in [0, 0.1) is 11.3 Å². The van der Waals surface area contributed by atoms with Gasteiger partial charge in [-0.15, -0.1) is 10.2 Å². The van der Waals surface area contributed by atoms with Gasteiger partial charge >= 0.3 is 0 Å². The van der Waals surface area contributed by atoms with E-state index in [1.165, 1.54) is 25.7 Å². The first-order chi connectivity index (χ1) is 11.7. The van der Waals surface area contributed by atoms with Crippen LogP contribution in [0.1, 0.15) is 57.2 Å². The number of rotatable bonds is 3. The predicted octanol–water partition coefficient (Wildman–Crippen LogP) is 2.21. The lowest BCUT2D eigenvalue weighted by molar-refractivity contribution is -0.137. The first kappa shape index (κ1) is 16.1. The van der Waals surface area contributed by atoms with Gasteiger partial charge in [0.2, 0.25) is 5.91 Å². The zero-order valence-corrected chi connectivity index (χ0v) is 14.6. The number of ether oxygens (including phenoxy) is 1. The van der Waals surface area contributed by atoms with Gasteiger partial charge in [0.15, 0.2) is 0 Å². The molecule has 0 bridgehead atoms. The van der Waals surface area contributed by atoms with Crippen molar-refractivity contribution in [2.45, 2.75) is 57.9 Å². The molecule has 0 N–H and O–H groups in total. The third-order valence-corrected chi connectivity index (χ3v) is 6.43. The maximum atomic E-state index is 13.0. The van der Waals surface area contributed by atoms with Gasteiger partial charge in [-0.25, -0.2) is 0 Å². The number of amides is 1. The summed E-state index contributed by atoms with van der Waals surface area (Å²) in [6, 6.07) is 0. The number of aromatic nitrogens is 3. The Morgan fingerprint density at radius 1 is 1.33 bits per heavy atom. The molecular weight excluding hydrogens is 304 g/mol. The van der Waals surface area contributed by atoms with Gasteiger partial charge in [0, 0.05) is 44.7 Å². The lowest BCUT2D eigenvalue weighted by Crippen LogP contribution is -2.38. The van der Waals surface area contributed by atoms with Crippen LogP contribution >= 0.6 is 0 Å². The van der Waals surface area contributed by atoms with Crippen LogP contribution in [-0.4, -0.2) is 51.9 Å². The molecule has 1 saturated carbocycles. The standard InChI is InChI=1S/C18H28N4O2/c1-2-21-13-19-20-16(21)15-11-22(12-18(15)7-3-4-8-18)17(23)14-5-9-24-10-6-14/h13-15H,2-12H2,1H3. The van der Waals surface area contributed by atoms with E-state index in [2.05, 4.69) is 26.6 Å². The Kier molecular flexibility index (Phi) is 4.33. The molecule has 1 unspecified atom stereocenters. The largest absolute Gasteiger partial charge is 0.381 e. The van der Waals surface area contributed by atoms with Gasteiger partial charge in [0.1, 0.15) is 12.2 Å². The molecule has 1 aliphatic carbocycles. The summed E-state index contributed by atoms with van der Waals surface area (Å²) in [5.74, 6) is 1.92. The van der Waals surface area contributed by atoms with E-state index in [-0.39, 0.29) is 11.3 Å². The van der Waals surface area contributed by atoms with Crippen molar-refractivity contribution in [2.75, 3.05) is 26.3 Å². The van der Waals surface area contributed by atoms with Crippen LogP contribution in [0.5, 0.6) is 0 Å². The van der Waals surface area contributed by atoms with Crippen LogP contribution in [0.2, 0.25) is 0 Å². The Morgan fingerprint density at radius 3 is 2.79 bits per heavy atom. The number of hydrogen-bond acceptors (Lipinski definition) is 4. The van der Waals surface area contributed by atoms with E-state index < -0.39 is 0 Å². The molecule has 6 nitrogen and oxygen atoms in total. The average Bonchev–Trinajstić information content (AvgIpc) is 3.35. The first-order valence-corrected chi connectivity index (χ1v) is 9.48. The van der Waals surface area contributed by atoms with E-state index in [1.807, 2.05) is 6.33 Å². The summed E-state index contributed by atoms with van der Waals surface area (Å²) in [6.45, 7) is 6.20. The summed E-state index contributed by atoms with van der Waals surface area (Å²) in [7, 11) is 0. The molecule has 24 heavy (non-hydrogen) atoms. The fourth-order valence-corrected chi connectivity index (χ4v) is 5.06. The maximum absolute atomic E-state index is 13.0. The summed E-state index contributed by atoms with van der Waals surface area (Å²) in [4.78, 5) is 15.2. The predicted molar refractivity (Wildman–Crippen MR) is 89.5 cm³/mol. The van der Waals surface area contributed by atoms with Crippen molar-refractivity contribution in [1.82, 2.24) is 19.7 Å². The molecule has 0 radical (unpaired) electrons. The summed E-state index contributed by atoms with van der Waals surface area (Å²) >= 11 is 0. The molecule has 4 rings (SSSR count). The Morgan fingerprint density at radius 2 is 2.08 bits per heavy atom. The van der Waals surface area contributed by atoms with E-state index in [0.29, 0.717) is 11.8 Å². The van der Waals surface area contributed by atoms with Crippen LogP contribution in [0.15, 0.2) is 6.33 Å². The zero-order valence-electron chi connectivity index (χ0n) is 14.6. The third-order valence-electron chi connectivity index (χ3n) is 6.43. The second-order valence-electron chi connectivity index (χ2n) is 7.70. The highest BCUT2D eigenvalue weighted by Gasteiger charge is 2.52. The van der Waals surface area contributed by atoms with Crippen molar-refractivity contribution in [3.63, 3.8) is 0 Å². The molecule has 1 atom stereocenters. The van der Waals surface area contributed by atoms with E-state index in [1.54, 1.807) is 0 Å². The van der Waals surface area contributed by atoms with Crippen LogP contribution in [-0.2, 0) is 16.1 Å². The fraction of sp³-hybridized carbons (Fsp3) is 0.833. The third kappa shape index (κ3) is 2.65. The first-order valence-electron chi connectivity index (χ1n) is 9.48. The van der Waals surface area contributed by atoms with Gasteiger partial charge in [0.25, 0.3) is 0 Å². The molecule has 3 heterocycles. The highest BCUT2D eigenvalue weighted by molar-refractivity contribution is 5.79. The van der Waals surface area contributed by atoms with Gasteiger partial charge in [-0.05, 0) is 38.0 Å². The van der Waals surface area contributed by atoms with Crippen molar-refractivity contribution in [2.24, 2.45) is 11.3 Å². The smallest absolute Gasteiger partial charge is 0.225 e. The molecule has 6 heteroatoms. The second-order valence-corrected chi connectivity index (χ2v) is 7.70. The summed E-state index contributed by atoms with van der Waals surface area (Å²) in [5, 5.41) is 8.59. The van der Waals surface area contributed by atoms with E-state index >= 15 is 0 Å². The van der Waals surface area contributed by atoms with E-state index in [4.69, 9.17) is 4.74 Å². The summed E-state index contributed by atoms with van der Waals surface area (Å²) in [6.07, 6.45) is 8.56. The number of nitrogens with zero attached hydrogens (tertiary/aromatic N) is 4. The van der Waals surface area contributed by atoms with Gasteiger partial charge < -0.3 is 14.2 Å². The van der Waals surface area contributed by atoms with Crippen molar-refractivity contribution in [1.29, 1.82) is 0 Å². The van der Waals surface area contributed by atoms with Crippen LogP contribution in [0.4, 0.5) is 0 Å². The molecule has 1 amide bonds. The fourth-order valence-electron chi connectivity index (χ4n) is 5.06. The molecule has 0 aromatic carbocycles. The van der Waals surface area contributed by atoms with Crippen molar-refractivity contribution < 1.29 is 9.53 Å². The topological polar surface area (TPSA) is 60.2 Å². The Labute approximate surface area is 143 Å². The molecule has 1 spiro atoms. The van der Waals surface area contributed by atoms with Crippen LogP contribution < -0.4 is 0 Å². The normalized spacial score (nSPS) is 27.2. The van der Waals surface area contributed by atoms with Crippen molar-refractivity contribution >= 4 is 5.91 Å². The minimum atomic E-state index is 0.153. The van der Waals surface area contributed by atoms with Crippen molar-refractivity contribution in [3.8, 4) is 0 Å². The SMILES string of the molecule is CCn1cnnc1C1CN(C(=O)C2CCOCC2)CC12CCCC2. The molecule has 3 aliphatic rings. The highest BCUT2D eigenvalue weighted by Crippen LogP contribution is 2.53. The second kappa shape index (κ2) is 6.47. The van der Waals surface area contributed by atoms with Gasteiger partial charge in [-0.1, -0.05) is 12.8 Å². The van der Waals surface area contributed by atoms with Crippen LogP contribution in [0.3, 0.4) is 0 Å². The van der Waals surface area contributed by atoms with E-state index in [9.17, 15) is 4.79 Å². The summed E-state index contributed by atoms with van der Waals surface area (Å²) in [5.41, 5.74) is 0.223. The lowest BCUT2D eigenvalue weighted by atomic mass is 9.76. The molecule has 1 aromatic rings. The number of aryl methyl sites for hydroxylation is 1. The molecule has 2 saturated heterocycles. The molecule has 132 valence electrons. The van der Waals surface area contributed by atoms with Gasteiger partial charge in [0.05, 0.1) is 0 Å². The van der Waals surface area contributed by atoms with Crippen LogP contribution in [0.25, 0.3) is 0 Å². The lowest BCUT2D eigenvalue weighted by Gasteiger charge is -2.30. The quantitative estimate of drug-likeness (QED) is 0.851. The number of likely N-dealkylation sites (tertiary alicyclic amines) is 1. The Balaban J connectivity index is 1.58. The Hall–Kier alpha value is -1.43. The van der Waals surface area contributed by atoms with Gasteiger partial charge in [-0.3, -0.25) is 4.79 Å². The maximum Gasteiger partial charge on any atom is 0.225 e. The molecule has 1 aromatic heterocycles. The monoisotopic (exact) mass is 332 g/mol. The zero-order chi connectivity index (χ0) is 16.6. The molecule has 3 fully saturated rings. The highest BCUT2D eigenvalue weighted by atomic mass is 16.5. The minimum Gasteiger partial charge on any atom is -0.381 e. The number of hydrogen-bond donors (Lipinski definition) is 0. The minimum absolute atomic E-state index is 0.153. The summed E-state index contributed by atoms with van der Waals surface area (Å²) < 4.78 is 7.58. The van der Waals surface area contributed by atoms with Gasteiger partial charge in [-0.2, -0.15) is 0 Å². The average molecular weight is 332 g/mol. The van der Waals surface area contributed by atoms with Crippen molar-refractivity contribution in [3.05, 3.63) is 12.2 Å². The van der Waals surface area contributed by atoms with E-state index in [0.717, 1.165) is 51.5 Å². The molecular formula is C18H28N4O2. The number of carbonyl (C=O) groups is 1. The Bertz CT molecular complexity index is 588. The molecule has 2 aliphatic heterocycles. The number of carbonyl (C=O) groups excluding carboxylic acids is 1.